The van der Waals surface area contributed by atoms with Crippen LogP contribution < -0.4 is 9.47 Å². The summed E-state index contributed by atoms with van der Waals surface area (Å²) < 4.78 is 17.3. The zero-order valence-electron chi connectivity index (χ0n) is 15.6. The molecule has 0 bridgehead atoms. The van der Waals surface area contributed by atoms with E-state index in [1.54, 1.807) is 14.2 Å². The molecule has 0 radical (unpaired) electrons. The van der Waals surface area contributed by atoms with Crippen molar-refractivity contribution in [2.75, 3.05) is 33.9 Å². The van der Waals surface area contributed by atoms with E-state index in [0.29, 0.717) is 12.5 Å². The van der Waals surface area contributed by atoms with Crippen LogP contribution in [0.1, 0.15) is 36.8 Å². The van der Waals surface area contributed by atoms with E-state index in [2.05, 4.69) is 24.3 Å². The number of carbonyl (C=O) groups excluding carboxylic acids is 1. The van der Waals surface area contributed by atoms with E-state index in [0.717, 1.165) is 56.7 Å². The summed E-state index contributed by atoms with van der Waals surface area (Å²) in [4.78, 5) is 14.7. The monoisotopic (exact) mass is 357 g/mol. The number of piperidine rings is 1. The lowest BCUT2D eigenvalue weighted by molar-refractivity contribution is -0.144. The number of ether oxygens (including phenoxy) is 3. The highest BCUT2D eigenvalue weighted by atomic mass is 16.5. The van der Waals surface area contributed by atoms with Crippen molar-refractivity contribution in [2.24, 2.45) is 5.92 Å². The molecule has 0 saturated carbocycles. The number of rotatable bonds is 3. The maximum absolute atomic E-state index is 12.7. The van der Waals surface area contributed by atoms with E-state index in [1.165, 1.54) is 11.1 Å². The quantitative estimate of drug-likeness (QED) is 0.780. The van der Waals surface area contributed by atoms with Crippen LogP contribution in [0.25, 0.3) is 0 Å². The Balaban J connectivity index is 1.55. The summed E-state index contributed by atoms with van der Waals surface area (Å²) in [5.74, 6) is 1.96. The Hall–Kier alpha value is -2.01. The van der Waals surface area contributed by atoms with Gasteiger partial charge in [0.2, 0.25) is 5.91 Å². The fourth-order valence-corrected chi connectivity index (χ4v) is 4.57. The van der Waals surface area contributed by atoms with Crippen LogP contribution in [-0.2, 0) is 21.6 Å². The van der Waals surface area contributed by atoms with Crippen LogP contribution >= 0.6 is 0 Å². The summed E-state index contributed by atoms with van der Waals surface area (Å²) >= 11 is 0. The topological polar surface area (TPSA) is 48.0 Å². The second-order valence-corrected chi connectivity index (χ2v) is 7.42. The van der Waals surface area contributed by atoms with Crippen molar-refractivity contribution in [3.63, 3.8) is 0 Å². The Morgan fingerprint density at radius 3 is 2.42 bits per heavy atom. The maximum atomic E-state index is 12.7. The van der Waals surface area contributed by atoms with Crippen LogP contribution in [0.4, 0.5) is 0 Å². The molecule has 4 rings (SSSR count). The van der Waals surface area contributed by atoms with E-state index >= 15 is 0 Å². The number of allylic oxidation sites excluding steroid dienone is 2. The van der Waals surface area contributed by atoms with Gasteiger partial charge >= 0.3 is 0 Å². The smallest absolute Gasteiger partial charge is 0.226 e. The molecule has 1 amide bonds. The first-order chi connectivity index (χ1) is 12.7. The van der Waals surface area contributed by atoms with Crippen molar-refractivity contribution in [3.05, 3.63) is 35.4 Å². The molecule has 1 aromatic rings. The molecule has 0 unspecified atom stereocenters. The van der Waals surface area contributed by atoms with Gasteiger partial charge in [0.05, 0.1) is 26.4 Å². The second kappa shape index (κ2) is 6.95. The van der Waals surface area contributed by atoms with Gasteiger partial charge in [0.15, 0.2) is 11.5 Å². The molecular formula is C21H27NO4. The summed E-state index contributed by atoms with van der Waals surface area (Å²) in [6, 6.07) is 4.16. The van der Waals surface area contributed by atoms with Crippen LogP contribution in [0.3, 0.4) is 0 Å². The molecule has 5 heteroatoms. The highest BCUT2D eigenvalue weighted by molar-refractivity contribution is 5.79. The second-order valence-electron chi connectivity index (χ2n) is 7.42. The number of methoxy groups -OCH3 is 2. The van der Waals surface area contributed by atoms with Crippen molar-refractivity contribution in [1.29, 1.82) is 0 Å². The molecule has 1 fully saturated rings. The van der Waals surface area contributed by atoms with Gasteiger partial charge in [-0.2, -0.15) is 0 Å². The average Bonchev–Trinajstić information content (AvgIpc) is 3.22. The van der Waals surface area contributed by atoms with E-state index < -0.39 is 0 Å². The molecular weight excluding hydrogens is 330 g/mol. The molecule has 0 atom stereocenters. The minimum absolute atomic E-state index is 0.146. The van der Waals surface area contributed by atoms with Gasteiger partial charge in [0, 0.05) is 19.0 Å². The predicted octanol–water partition coefficient (Wildman–Crippen LogP) is 3.06. The van der Waals surface area contributed by atoms with Gasteiger partial charge in [0.25, 0.3) is 0 Å². The van der Waals surface area contributed by atoms with Gasteiger partial charge < -0.3 is 19.1 Å². The maximum Gasteiger partial charge on any atom is 0.226 e. The summed E-state index contributed by atoms with van der Waals surface area (Å²) in [5.41, 5.74) is 2.17. The van der Waals surface area contributed by atoms with Gasteiger partial charge in [-0.3, -0.25) is 4.79 Å². The molecule has 140 valence electrons. The van der Waals surface area contributed by atoms with Crippen LogP contribution in [0.5, 0.6) is 11.5 Å². The summed E-state index contributed by atoms with van der Waals surface area (Å²) in [6.07, 6.45) is 8.56. The lowest BCUT2D eigenvalue weighted by atomic mass is 9.79. The van der Waals surface area contributed by atoms with Gasteiger partial charge in [0.1, 0.15) is 0 Å². The number of hydrogen-bond donors (Lipinski definition) is 0. The van der Waals surface area contributed by atoms with Crippen molar-refractivity contribution in [1.82, 2.24) is 4.90 Å². The lowest BCUT2D eigenvalue weighted by Gasteiger charge is -2.45. The number of nitrogens with zero attached hydrogens (tertiary/aromatic N) is 1. The number of benzene rings is 1. The third kappa shape index (κ3) is 2.88. The van der Waals surface area contributed by atoms with Crippen molar-refractivity contribution in [3.8, 4) is 11.5 Å². The molecule has 0 N–H and O–H groups in total. The van der Waals surface area contributed by atoms with Crippen molar-refractivity contribution >= 4 is 5.91 Å². The zero-order chi connectivity index (χ0) is 18.1. The standard InChI is InChI=1S/C21H27NO4/c1-24-18-13-16-7-12-26-21(17(16)14-19(18)25-2)8-10-22(11-9-21)20(23)15-5-3-4-6-15/h3-4,13-15H,5-12H2,1-2H3. The van der Waals surface area contributed by atoms with E-state index in [-0.39, 0.29) is 11.5 Å². The Kier molecular flexibility index (Phi) is 4.65. The molecule has 2 aliphatic heterocycles. The molecule has 26 heavy (non-hydrogen) atoms. The minimum atomic E-state index is -0.308. The van der Waals surface area contributed by atoms with Gasteiger partial charge in [-0.05, 0) is 55.4 Å². The third-order valence-corrected chi connectivity index (χ3v) is 6.09. The third-order valence-electron chi connectivity index (χ3n) is 6.09. The highest BCUT2D eigenvalue weighted by Crippen LogP contribution is 2.45. The molecule has 1 spiro atoms. The minimum Gasteiger partial charge on any atom is -0.493 e. The predicted molar refractivity (Wildman–Crippen MR) is 98.6 cm³/mol. The Bertz CT molecular complexity index is 711. The van der Waals surface area contributed by atoms with Crippen LogP contribution in [0.15, 0.2) is 24.3 Å². The molecule has 3 aliphatic rings. The first kappa shape index (κ1) is 17.4. The first-order valence-corrected chi connectivity index (χ1v) is 9.50. The molecule has 1 aromatic carbocycles. The van der Waals surface area contributed by atoms with Crippen molar-refractivity contribution < 1.29 is 19.0 Å². The number of likely N-dealkylation sites (tertiary alicyclic amines) is 1. The number of carbonyl (C=O) groups is 1. The fourth-order valence-electron chi connectivity index (χ4n) is 4.57. The summed E-state index contributed by atoms with van der Waals surface area (Å²) in [5, 5.41) is 0. The number of fused-ring (bicyclic) bond motifs is 2. The van der Waals surface area contributed by atoms with Crippen LogP contribution in [0, 0.1) is 5.92 Å². The first-order valence-electron chi connectivity index (χ1n) is 9.50. The molecule has 2 heterocycles. The average molecular weight is 357 g/mol. The summed E-state index contributed by atoms with van der Waals surface area (Å²) in [6.45, 7) is 2.22. The molecule has 0 aromatic heterocycles. The Labute approximate surface area is 154 Å². The van der Waals surface area contributed by atoms with Crippen LogP contribution in [-0.4, -0.2) is 44.7 Å². The summed E-state index contributed by atoms with van der Waals surface area (Å²) in [7, 11) is 3.33. The largest absolute Gasteiger partial charge is 0.493 e. The molecule has 1 saturated heterocycles. The van der Waals surface area contributed by atoms with Crippen LogP contribution in [0.2, 0.25) is 0 Å². The number of hydrogen-bond acceptors (Lipinski definition) is 4. The van der Waals surface area contributed by atoms with E-state index in [9.17, 15) is 4.79 Å². The Morgan fingerprint density at radius 1 is 1.12 bits per heavy atom. The van der Waals surface area contributed by atoms with Crippen molar-refractivity contribution in [2.45, 2.75) is 37.7 Å². The fraction of sp³-hybridized carbons (Fsp3) is 0.571. The Morgan fingerprint density at radius 2 is 1.77 bits per heavy atom. The van der Waals surface area contributed by atoms with Gasteiger partial charge in [-0.1, -0.05) is 12.2 Å². The number of amides is 1. The van der Waals surface area contributed by atoms with E-state index in [1.807, 2.05) is 4.90 Å². The SMILES string of the molecule is COc1cc2c(cc1OC)C1(CCN(C(=O)C3CC=CC3)CC1)OCC2. The van der Waals surface area contributed by atoms with Gasteiger partial charge in [-0.15, -0.1) is 0 Å². The molecule has 1 aliphatic carbocycles. The normalized spacial score (nSPS) is 21.7. The highest BCUT2D eigenvalue weighted by Gasteiger charge is 2.43. The van der Waals surface area contributed by atoms with Gasteiger partial charge in [-0.25, -0.2) is 0 Å². The molecule has 5 nitrogen and oxygen atoms in total. The van der Waals surface area contributed by atoms with E-state index in [4.69, 9.17) is 14.2 Å². The zero-order valence-corrected chi connectivity index (χ0v) is 15.6. The lowest BCUT2D eigenvalue weighted by Crippen LogP contribution is -2.49.